The highest BCUT2D eigenvalue weighted by atomic mass is 16.4. The molecule has 1 aliphatic rings. The zero-order valence-corrected chi connectivity index (χ0v) is 13.1. The molecule has 4 rings (SSSR count). The SMILES string of the molecule is O=C(NCc1nnc(-c2ccccc2)o1)c1n[nH]c2c1CCCC2. The molecular formula is C17H17N5O2. The van der Waals surface area contributed by atoms with Crippen LogP contribution < -0.4 is 5.32 Å². The number of benzene rings is 1. The van der Waals surface area contributed by atoms with E-state index in [0.717, 1.165) is 42.5 Å². The van der Waals surface area contributed by atoms with Crippen LogP contribution in [0.3, 0.4) is 0 Å². The van der Waals surface area contributed by atoms with Crippen LogP contribution in [-0.2, 0) is 19.4 Å². The smallest absolute Gasteiger partial charge is 0.272 e. The molecule has 0 fully saturated rings. The summed E-state index contributed by atoms with van der Waals surface area (Å²) in [7, 11) is 0. The summed E-state index contributed by atoms with van der Waals surface area (Å²) in [6, 6.07) is 9.52. The van der Waals surface area contributed by atoms with E-state index < -0.39 is 0 Å². The number of nitrogens with one attached hydrogen (secondary N) is 2. The molecule has 0 unspecified atom stereocenters. The molecular weight excluding hydrogens is 306 g/mol. The molecule has 7 heteroatoms. The number of aryl methyl sites for hydroxylation is 1. The normalized spacial score (nSPS) is 13.5. The molecule has 122 valence electrons. The minimum absolute atomic E-state index is 0.181. The lowest BCUT2D eigenvalue weighted by Crippen LogP contribution is -2.24. The summed E-state index contributed by atoms with van der Waals surface area (Å²) >= 11 is 0. The molecule has 7 nitrogen and oxygen atoms in total. The van der Waals surface area contributed by atoms with Crippen molar-refractivity contribution in [2.24, 2.45) is 0 Å². The highest BCUT2D eigenvalue weighted by Gasteiger charge is 2.21. The Balaban J connectivity index is 1.43. The molecule has 2 heterocycles. The number of aromatic amines is 1. The lowest BCUT2D eigenvalue weighted by Gasteiger charge is -2.10. The van der Waals surface area contributed by atoms with Crippen molar-refractivity contribution in [3.63, 3.8) is 0 Å². The lowest BCUT2D eigenvalue weighted by molar-refractivity contribution is 0.0941. The van der Waals surface area contributed by atoms with Crippen molar-refractivity contribution in [1.82, 2.24) is 25.7 Å². The molecule has 0 saturated carbocycles. The van der Waals surface area contributed by atoms with Gasteiger partial charge < -0.3 is 9.73 Å². The van der Waals surface area contributed by atoms with Crippen LogP contribution in [0, 0.1) is 0 Å². The Hall–Kier alpha value is -2.96. The molecule has 1 amide bonds. The Morgan fingerprint density at radius 1 is 1.17 bits per heavy atom. The van der Waals surface area contributed by atoms with Crippen molar-refractivity contribution in [2.45, 2.75) is 32.2 Å². The van der Waals surface area contributed by atoms with E-state index in [1.54, 1.807) is 0 Å². The van der Waals surface area contributed by atoms with Gasteiger partial charge in [-0.2, -0.15) is 5.10 Å². The number of aromatic nitrogens is 4. The van der Waals surface area contributed by atoms with Gasteiger partial charge >= 0.3 is 0 Å². The van der Waals surface area contributed by atoms with Gasteiger partial charge in [-0.25, -0.2) is 0 Å². The largest absolute Gasteiger partial charge is 0.419 e. The van der Waals surface area contributed by atoms with Gasteiger partial charge in [0.15, 0.2) is 5.69 Å². The predicted molar refractivity (Wildman–Crippen MR) is 86.1 cm³/mol. The van der Waals surface area contributed by atoms with Crippen LogP contribution in [0.1, 0.15) is 40.5 Å². The van der Waals surface area contributed by atoms with E-state index in [9.17, 15) is 4.79 Å². The second-order valence-corrected chi connectivity index (χ2v) is 5.79. The molecule has 1 aromatic carbocycles. The summed E-state index contributed by atoms with van der Waals surface area (Å²) in [5.74, 6) is 0.595. The molecule has 0 atom stereocenters. The molecule has 0 spiro atoms. The number of nitrogens with zero attached hydrogens (tertiary/aromatic N) is 3. The first kappa shape index (κ1) is 14.6. The van der Waals surface area contributed by atoms with E-state index in [2.05, 4.69) is 25.7 Å². The molecule has 0 bridgehead atoms. The molecule has 0 aliphatic heterocycles. The fourth-order valence-corrected chi connectivity index (χ4v) is 2.93. The third-order valence-corrected chi connectivity index (χ3v) is 4.16. The van der Waals surface area contributed by atoms with Gasteiger partial charge in [-0.3, -0.25) is 9.89 Å². The van der Waals surface area contributed by atoms with Gasteiger partial charge in [-0.15, -0.1) is 10.2 Å². The van der Waals surface area contributed by atoms with Crippen LogP contribution in [0.2, 0.25) is 0 Å². The molecule has 0 radical (unpaired) electrons. The summed E-state index contributed by atoms with van der Waals surface area (Å²) in [6.45, 7) is 0.181. The number of amides is 1. The average molecular weight is 323 g/mol. The fraction of sp³-hybridized carbons (Fsp3) is 0.294. The van der Waals surface area contributed by atoms with E-state index in [1.165, 1.54) is 0 Å². The number of rotatable bonds is 4. The monoisotopic (exact) mass is 323 g/mol. The topological polar surface area (TPSA) is 96.7 Å². The third-order valence-electron chi connectivity index (χ3n) is 4.16. The Morgan fingerprint density at radius 3 is 2.88 bits per heavy atom. The summed E-state index contributed by atoms with van der Waals surface area (Å²) in [5.41, 5.74) is 3.45. The number of hydrogen-bond acceptors (Lipinski definition) is 5. The van der Waals surface area contributed by atoms with Crippen molar-refractivity contribution in [3.8, 4) is 11.5 Å². The Bertz CT molecular complexity index is 853. The van der Waals surface area contributed by atoms with Crippen molar-refractivity contribution in [1.29, 1.82) is 0 Å². The van der Waals surface area contributed by atoms with Gasteiger partial charge in [-0.05, 0) is 37.8 Å². The van der Waals surface area contributed by atoms with Gasteiger partial charge in [0.1, 0.15) is 0 Å². The predicted octanol–water partition coefficient (Wildman–Crippen LogP) is 2.27. The molecule has 2 N–H and O–H groups in total. The van der Waals surface area contributed by atoms with Gasteiger partial charge in [0.05, 0.1) is 6.54 Å². The maximum atomic E-state index is 12.3. The Morgan fingerprint density at radius 2 is 2.00 bits per heavy atom. The molecule has 3 aromatic rings. The molecule has 0 saturated heterocycles. The van der Waals surface area contributed by atoms with Gasteiger partial charge in [0, 0.05) is 16.8 Å². The van der Waals surface area contributed by atoms with Crippen molar-refractivity contribution in [3.05, 3.63) is 53.2 Å². The van der Waals surface area contributed by atoms with Crippen LogP contribution in [0.4, 0.5) is 0 Å². The quantitative estimate of drug-likeness (QED) is 0.767. The third kappa shape index (κ3) is 2.80. The zero-order chi connectivity index (χ0) is 16.4. The summed E-state index contributed by atoms with van der Waals surface area (Å²) in [6.07, 6.45) is 4.09. The number of fused-ring (bicyclic) bond motifs is 1. The first-order valence-electron chi connectivity index (χ1n) is 8.03. The van der Waals surface area contributed by atoms with Gasteiger partial charge in [0.25, 0.3) is 5.91 Å². The minimum Gasteiger partial charge on any atom is -0.419 e. The van der Waals surface area contributed by atoms with Crippen molar-refractivity contribution in [2.75, 3.05) is 0 Å². The minimum atomic E-state index is -0.214. The van der Waals surface area contributed by atoms with Crippen LogP contribution in [0.25, 0.3) is 11.5 Å². The number of carbonyl (C=O) groups excluding carboxylic acids is 1. The molecule has 24 heavy (non-hydrogen) atoms. The second-order valence-electron chi connectivity index (χ2n) is 5.79. The maximum Gasteiger partial charge on any atom is 0.272 e. The maximum absolute atomic E-state index is 12.3. The zero-order valence-electron chi connectivity index (χ0n) is 13.1. The Labute approximate surface area is 138 Å². The van der Waals surface area contributed by atoms with Crippen LogP contribution >= 0.6 is 0 Å². The number of hydrogen-bond donors (Lipinski definition) is 2. The first-order chi connectivity index (χ1) is 11.8. The highest BCUT2D eigenvalue weighted by molar-refractivity contribution is 5.93. The molecule has 2 aromatic heterocycles. The van der Waals surface area contributed by atoms with E-state index in [1.807, 2.05) is 30.3 Å². The van der Waals surface area contributed by atoms with E-state index in [0.29, 0.717) is 17.5 Å². The number of carbonyl (C=O) groups is 1. The van der Waals surface area contributed by atoms with E-state index in [4.69, 9.17) is 4.42 Å². The summed E-state index contributed by atoms with van der Waals surface area (Å²) < 4.78 is 5.58. The Kier molecular flexibility index (Phi) is 3.82. The number of H-pyrrole nitrogens is 1. The fourth-order valence-electron chi connectivity index (χ4n) is 2.93. The highest BCUT2D eigenvalue weighted by Crippen LogP contribution is 2.22. The summed E-state index contributed by atoms with van der Waals surface area (Å²) in [5, 5.41) is 17.9. The van der Waals surface area contributed by atoms with Gasteiger partial charge in [0.2, 0.25) is 11.8 Å². The van der Waals surface area contributed by atoms with E-state index in [-0.39, 0.29) is 12.5 Å². The van der Waals surface area contributed by atoms with Crippen molar-refractivity contribution < 1.29 is 9.21 Å². The standard InChI is InChI=1S/C17H17N5O2/c23-16(15-12-8-4-5-9-13(12)19-21-15)18-10-14-20-22-17(24-14)11-6-2-1-3-7-11/h1-3,6-7H,4-5,8-10H2,(H,18,23)(H,19,21). The van der Waals surface area contributed by atoms with Crippen LogP contribution in [0.5, 0.6) is 0 Å². The van der Waals surface area contributed by atoms with Crippen LogP contribution in [-0.4, -0.2) is 26.3 Å². The first-order valence-corrected chi connectivity index (χ1v) is 8.03. The van der Waals surface area contributed by atoms with Gasteiger partial charge in [-0.1, -0.05) is 18.2 Å². The van der Waals surface area contributed by atoms with Crippen molar-refractivity contribution >= 4 is 5.91 Å². The second kappa shape index (κ2) is 6.27. The summed E-state index contributed by atoms with van der Waals surface area (Å²) in [4.78, 5) is 12.3. The average Bonchev–Trinajstić information content (AvgIpc) is 3.27. The molecule has 1 aliphatic carbocycles. The van der Waals surface area contributed by atoms with E-state index >= 15 is 0 Å². The lowest BCUT2D eigenvalue weighted by atomic mass is 9.96. The van der Waals surface area contributed by atoms with Crippen LogP contribution in [0.15, 0.2) is 34.7 Å².